The third-order valence-electron chi connectivity index (χ3n) is 0.866. The van der Waals surface area contributed by atoms with Crippen molar-refractivity contribution in [2.24, 2.45) is 0 Å². The highest BCUT2D eigenvalue weighted by Gasteiger charge is 2.18. The molecule has 0 aliphatic rings. The zero-order valence-corrected chi connectivity index (χ0v) is 10.3. The number of ether oxygens (including phenoxy) is 1. The Kier molecular flexibility index (Phi) is 4.17. The van der Waals surface area contributed by atoms with E-state index in [9.17, 15) is 0 Å². The van der Waals surface area contributed by atoms with E-state index in [2.05, 4.69) is 35.6 Å². The van der Waals surface area contributed by atoms with Crippen LogP contribution in [0.4, 0.5) is 0 Å². The molecule has 0 amide bonds. The molecule has 0 aliphatic carbocycles. The van der Waals surface area contributed by atoms with Gasteiger partial charge in [-0.15, -0.1) is 0 Å². The summed E-state index contributed by atoms with van der Waals surface area (Å²) in [5, 5.41) is 0. The van der Waals surface area contributed by atoms with E-state index in [0.717, 1.165) is 4.48 Å². The fourth-order valence-corrected chi connectivity index (χ4v) is 1.72. The maximum atomic E-state index is 5.60. The molecule has 0 saturated carbocycles. The molecule has 0 unspecified atom stereocenters. The van der Waals surface area contributed by atoms with Gasteiger partial charge in [0.05, 0.1) is 11.6 Å². The van der Waals surface area contributed by atoms with E-state index in [1.165, 1.54) is 0 Å². The van der Waals surface area contributed by atoms with Crippen LogP contribution in [0.1, 0.15) is 6.92 Å². The van der Waals surface area contributed by atoms with Gasteiger partial charge in [0, 0.05) is 0 Å². The molecule has 11 heavy (non-hydrogen) atoms. The number of allylic oxidation sites excluding steroid dienone is 1. The fourth-order valence-electron chi connectivity index (χ4n) is 0.531. The van der Waals surface area contributed by atoms with Gasteiger partial charge in [-0.05, 0) is 42.5 Å². The molecule has 0 spiro atoms. The van der Waals surface area contributed by atoms with Crippen LogP contribution in [0.25, 0.3) is 0 Å². The molecule has 4 heteroatoms. The van der Waals surface area contributed by atoms with Crippen molar-refractivity contribution in [3.05, 3.63) is 10.4 Å². The number of rotatable bonds is 3. The van der Waals surface area contributed by atoms with Crippen molar-refractivity contribution in [1.29, 1.82) is 0 Å². The van der Waals surface area contributed by atoms with Gasteiger partial charge in [0.25, 0.3) is 5.95 Å². The molecule has 0 rings (SSSR count). The van der Waals surface area contributed by atoms with Gasteiger partial charge in [0.2, 0.25) is 8.32 Å². The number of methoxy groups -OCH3 is 1. The third-order valence-corrected chi connectivity index (χ3v) is 1.99. The van der Waals surface area contributed by atoms with E-state index in [4.69, 9.17) is 9.16 Å². The summed E-state index contributed by atoms with van der Waals surface area (Å²) in [6.07, 6.45) is 0. The molecule has 0 saturated heterocycles. The first-order valence-corrected chi connectivity index (χ1v) is 7.66. The Labute approximate surface area is 77.8 Å². The molecule has 0 bridgehead atoms. The summed E-state index contributed by atoms with van der Waals surface area (Å²) in [6, 6.07) is 0. The van der Waals surface area contributed by atoms with E-state index in [-0.39, 0.29) is 0 Å². The molecule has 2 nitrogen and oxygen atoms in total. The van der Waals surface area contributed by atoms with E-state index in [0.29, 0.717) is 5.95 Å². The Morgan fingerprint density at radius 2 is 1.73 bits per heavy atom. The van der Waals surface area contributed by atoms with Crippen LogP contribution in [-0.4, -0.2) is 15.4 Å². The second-order valence-electron chi connectivity index (χ2n) is 3.24. The average Bonchev–Trinajstić information content (AvgIpc) is 1.80. The SMILES string of the molecule is CO/C(O[Si](C)(C)C)=C(/C)Br. The van der Waals surface area contributed by atoms with Crippen LogP contribution >= 0.6 is 15.9 Å². The fraction of sp³-hybridized carbons (Fsp3) is 0.714. The minimum atomic E-state index is -1.52. The first-order chi connectivity index (χ1) is 4.87. The summed E-state index contributed by atoms with van der Waals surface area (Å²) >= 11 is 3.31. The second-order valence-corrected chi connectivity index (χ2v) is 8.86. The molecular formula is C7H15BrO2Si. The summed E-state index contributed by atoms with van der Waals surface area (Å²) in [4.78, 5) is 0. The topological polar surface area (TPSA) is 18.5 Å². The molecule has 0 aromatic carbocycles. The van der Waals surface area contributed by atoms with E-state index < -0.39 is 8.32 Å². The minimum Gasteiger partial charge on any atom is -0.519 e. The van der Waals surface area contributed by atoms with Crippen molar-refractivity contribution in [2.75, 3.05) is 7.11 Å². The summed E-state index contributed by atoms with van der Waals surface area (Å²) < 4.78 is 11.5. The number of halogens is 1. The Morgan fingerprint density at radius 3 is 1.82 bits per heavy atom. The average molecular weight is 239 g/mol. The van der Waals surface area contributed by atoms with E-state index in [1.54, 1.807) is 7.11 Å². The predicted octanol–water partition coefficient (Wildman–Crippen LogP) is 3.07. The van der Waals surface area contributed by atoms with Crippen LogP contribution in [0.2, 0.25) is 19.6 Å². The van der Waals surface area contributed by atoms with Gasteiger partial charge >= 0.3 is 0 Å². The normalized spacial score (nSPS) is 14.0. The van der Waals surface area contributed by atoms with Gasteiger partial charge < -0.3 is 9.16 Å². The smallest absolute Gasteiger partial charge is 0.275 e. The van der Waals surface area contributed by atoms with Gasteiger partial charge in [-0.2, -0.15) is 0 Å². The summed E-state index contributed by atoms with van der Waals surface area (Å²) in [7, 11) is 0.0944. The number of hydrogen-bond acceptors (Lipinski definition) is 2. The molecular weight excluding hydrogens is 224 g/mol. The second kappa shape index (κ2) is 4.16. The standard InChI is InChI=1S/C7H15BrO2Si/c1-6(8)7(9-2)10-11(3,4)5/h1-5H3/b7-6+. The first kappa shape index (κ1) is 11.0. The Hall–Kier alpha value is 0.0369. The molecule has 0 fully saturated rings. The Bertz CT molecular complexity index is 156. The zero-order valence-electron chi connectivity index (χ0n) is 7.69. The third kappa shape index (κ3) is 5.32. The largest absolute Gasteiger partial charge is 0.519 e. The molecule has 0 heterocycles. The molecule has 0 aliphatic heterocycles. The lowest BCUT2D eigenvalue weighted by Gasteiger charge is -2.20. The first-order valence-electron chi connectivity index (χ1n) is 3.46. The molecule has 0 radical (unpaired) electrons. The predicted molar refractivity (Wildman–Crippen MR) is 53.1 cm³/mol. The highest BCUT2D eigenvalue weighted by atomic mass is 79.9. The highest BCUT2D eigenvalue weighted by molar-refractivity contribution is 9.11. The van der Waals surface area contributed by atoms with Crippen LogP contribution in [0.3, 0.4) is 0 Å². The van der Waals surface area contributed by atoms with Crippen molar-refractivity contribution < 1.29 is 9.16 Å². The van der Waals surface area contributed by atoms with E-state index >= 15 is 0 Å². The van der Waals surface area contributed by atoms with Crippen LogP contribution < -0.4 is 0 Å². The van der Waals surface area contributed by atoms with Crippen molar-refractivity contribution in [3.8, 4) is 0 Å². The highest BCUT2D eigenvalue weighted by Crippen LogP contribution is 2.17. The molecule has 0 atom stereocenters. The summed E-state index contributed by atoms with van der Waals surface area (Å²) in [5.74, 6) is 0.601. The molecule has 0 N–H and O–H groups in total. The lowest BCUT2D eigenvalue weighted by Crippen LogP contribution is -2.25. The quantitative estimate of drug-likeness (QED) is 0.556. The van der Waals surface area contributed by atoms with Gasteiger partial charge in [-0.3, -0.25) is 0 Å². The van der Waals surface area contributed by atoms with Crippen LogP contribution in [0, 0.1) is 0 Å². The molecule has 0 aromatic heterocycles. The Morgan fingerprint density at radius 1 is 1.27 bits per heavy atom. The Balaban J connectivity index is 4.23. The van der Waals surface area contributed by atoms with Crippen LogP contribution in [-0.2, 0) is 9.16 Å². The summed E-state index contributed by atoms with van der Waals surface area (Å²) in [6.45, 7) is 8.24. The lowest BCUT2D eigenvalue weighted by atomic mass is 10.7. The summed E-state index contributed by atoms with van der Waals surface area (Å²) in [5.41, 5.74) is 0. The number of hydrogen-bond donors (Lipinski definition) is 0. The minimum absolute atomic E-state index is 0.601. The maximum absolute atomic E-state index is 5.60. The van der Waals surface area contributed by atoms with Gasteiger partial charge in [-0.1, -0.05) is 0 Å². The maximum Gasteiger partial charge on any atom is 0.275 e. The van der Waals surface area contributed by atoms with Gasteiger partial charge in [-0.25, -0.2) is 0 Å². The van der Waals surface area contributed by atoms with Gasteiger partial charge in [0.1, 0.15) is 0 Å². The molecule has 0 aromatic rings. The van der Waals surface area contributed by atoms with Crippen molar-refractivity contribution in [1.82, 2.24) is 0 Å². The van der Waals surface area contributed by atoms with Crippen LogP contribution in [0.5, 0.6) is 0 Å². The van der Waals surface area contributed by atoms with E-state index in [1.807, 2.05) is 6.92 Å². The molecule has 66 valence electrons. The van der Waals surface area contributed by atoms with Gasteiger partial charge in [0.15, 0.2) is 0 Å². The van der Waals surface area contributed by atoms with Crippen molar-refractivity contribution >= 4 is 24.2 Å². The lowest BCUT2D eigenvalue weighted by molar-refractivity contribution is 0.145. The van der Waals surface area contributed by atoms with Crippen LogP contribution in [0.15, 0.2) is 10.4 Å². The van der Waals surface area contributed by atoms with Crippen molar-refractivity contribution in [3.63, 3.8) is 0 Å². The monoisotopic (exact) mass is 238 g/mol. The van der Waals surface area contributed by atoms with Crippen molar-refractivity contribution in [2.45, 2.75) is 26.6 Å². The zero-order chi connectivity index (χ0) is 9.07.